The van der Waals surface area contributed by atoms with E-state index in [1.54, 1.807) is 0 Å². The first-order chi connectivity index (χ1) is 10.1. The van der Waals surface area contributed by atoms with Crippen LogP contribution in [-0.2, 0) is 35.2 Å². The molecule has 0 aliphatic carbocycles. The van der Waals surface area contributed by atoms with E-state index >= 15 is 0 Å². The summed E-state index contributed by atoms with van der Waals surface area (Å²) in [6.45, 7) is 0.154. The third-order valence-corrected chi connectivity index (χ3v) is 2.85. The van der Waals surface area contributed by atoms with E-state index in [0.29, 0.717) is 0 Å². The number of esters is 3. The molecule has 0 radical (unpaired) electrons. The van der Waals surface area contributed by atoms with E-state index in [-0.39, 0.29) is 19.4 Å². The van der Waals surface area contributed by atoms with E-state index in [9.17, 15) is 14.4 Å². The number of hydrogen-bond donors (Lipinski definition) is 0. The van der Waals surface area contributed by atoms with Gasteiger partial charge in [-0.1, -0.05) is 30.3 Å². The summed E-state index contributed by atoms with van der Waals surface area (Å²) in [6, 6.07) is 9.21. The van der Waals surface area contributed by atoms with Gasteiger partial charge in [0.2, 0.25) is 0 Å². The summed E-state index contributed by atoms with van der Waals surface area (Å²) in [4.78, 5) is 34.5. The highest BCUT2D eigenvalue weighted by molar-refractivity contribution is 5.95. The molecule has 0 fully saturated rings. The van der Waals surface area contributed by atoms with Crippen molar-refractivity contribution in [3.05, 3.63) is 35.9 Å². The molecule has 0 N–H and O–H groups in total. The summed E-state index contributed by atoms with van der Waals surface area (Å²) in [5.74, 6) is -3.05. The van der Waals surface area contributed by atoms with Crippen LogP contribution in [0.4, 0.5) is 0 Å². The Labute approximate surface area is 123 Å². The van der Waals surface area contributed by atoms with Crippen molar-refractivity contribution in [3.63, 3.8) is 0 Å². The van der Waals surface area contributed by atoms with E-state index in [1.807, 2.05) is 30.3 Å². The van der Waals surface area contributed by atoms with Gasteiger partial charge in [-0.3, -0.25) is 14.4 Å². The lowest BCUT2D eigenvalue weighted by Gasteiger charge is -2.11. The minimum atomic E-state index is -1.11. The third kappa shape index (κ3) is 5.64. The van der Waals surface area contributed by atoms with Crippen LogP contribution in [0.15, 0.2) is 30.3 Å². The van der Waals surface area contributed by atoms with Crippen LogP contribution in [0, 0.1) is 5.92 Å². The topological polar surface area (TPSA) is 78.9 Å². The van der Waals surface area contributed by atoms with Crippen molar-refractivity contribution in [1.29, 1.82) is 0 Å². The summed E-state index contributed by atoms with van der Waals surface area (Å²) in [6.07, 6.45) is -0.0747. The zero-order valence-electron chi connectivity index (χ0n) is 12.0. The highest BCUT2D eigenvalue weighted by Crippen LogP contribution is 2.12. The van der Waals surface area contributed by atoms with Crippen LogP contribution in [0.25, 0.3) is 0 Å². The van der Waals surface area contributed by atoms with Crippen molar-refractivity contribution < 1.29 is 28.6 Å². The molecule has 6 heteroatoms. The minimum absolute atomic E-state index is 0.00697. The molecule has 0 aliphatic rings. The summed E-state index contributed by atoms with van der Waals surface area (Å²) < 4.78 is 14.1. The van der Waals surface area contributed by atoms with Gasteiger partial charge in [0.05, 0.1) is 14.2 Å². The fourth-order valence-electron chi connectivity index (χ4n) is 1.69. The number of methoxy groups -OCH3 is 2. The molecule has 21 heavy (non-hydrogen) atoms. The molecule has 0 aromatic heterocycles. The van der Waals surface area contributed by atoms with Crippen molar-refractivity contribution in [1.82, 2.24) is 0 Å². The molecule has 1 aromatic rings. The number of carbonyl (C=O) groups excluding carboxylic acids is 3. The van der Waals surface area contributed by atoms with Crippen molar-refractivity contribution >= 4 is 17.9 Å². The molecule has 1 rings (SSSR count). The van der Waals surface area contributed by atoms with Crippen LogP contribution in [0.5, 0.6) is 0 Å². The van der Waals surface area contributed by atoms with Gasteiger partial charge in [-0.2, -0.15) is 0 Å². The van der Waals surface area contributed by atoms with Crippen LogP contribution >= 0.6 is 0 Å². The zero-order valence-corrected chi connectivity index (χ0v) is 12.0. The van der Waals surface area contributed by atoms with Crippen molar-refractivity contribution in [3.8, 4) is 0 Å². The Kier molecular flexibility index (Phi) is 6.94. The van der Waals surface area contributed by atoms with Gasteiger partial charge in [0, 0.05) is 6.42 Å². The van der Waals surface area contributed by atoms with Gasteiger partial charge in [-0.25, -0.2) is 0 Å². The van der Waals surface area contributed by atoms with Gasteiger partial charge in [-0.05, 0) is 12.0 Å². The second-order valence-corrected chi connectivity index (χ2v) is 4.28. The maximum Gasteiger partial charge on any atom is 0.320 e. The Morgan fingerprint density at radius 1 is 1.00 bits per heavy atom. The Bertz CT molecular complexity index is 466. The zero-order chi connectivity index (χ0) is 15.7. The molecular formula is C15H18O6. The summed E-state index contributed by atoms with van der Waals surface area (Å²) >= 11 is 0. The number of ether oxygens (including phenoxy) is 3. The van der Waals surface area contributed by atoms with E-state index in [0.717, 1.165) is 5.56 Å². The maximum atomic E-state index is 11.6. The predicted octanol–water partition coefficient (Wildman–Crippen LogP) is 1.47. The Morgan fingerprint density at radius 2 is 1.57 bits per heavy atom. The molecule has 0 heterocycles. The first-order valence-electron chi connectivity index (χ1n) is 6.43. The van der Waals surface area contributed by atoms with Crippen LogP contribution in [0.3, 0.4) is 0 Å². The average Bonchev–Trinajstić information content (AvgIpc) is 2.53. The second kappa shape index (κ2) is 8.73. The average molecular weight is 294 g/mol. The van der Waals surface area contributed by atoms with Gasteiger partial charge in [-0.15, -0.1) is 0 Å². The first kappa shape index (κ1) is 16.7. The molecule has 6 nitrogen and oxygen atoms in total. The van der Waals surface area contributed by atoms with Gasteiger partial charge < -0.3 is 14.2 Å². The van der Waals surface area contributed by atoms with Crippen molar-refractivity contribution in [2.45, 2.75) is 19.4 Å². The lowest BCUT2D eigenvalue weighted by atomic mass is 10.0. The van der Waals surface area contributed by atoms with Crippen molar-refractivity contribution in [2.24, 2.45) is 5.92 Å². The highest BCUT2D eigenvalue weighted by atomic mass is 16.5. The van der Waals surface area contributed by atoms with Crippen LogP contribution in [-0.4, -0.2) is 32.1 Å². The summed E-state index contributed by atoms with van der Waals surface area (Å²) in [7, 11) is 2.35. The number of carbonyl (C=O) groups is 3. The molecule has 0 unspecified atom stereocenters. The van der Waals surface area contributed by atoms with E-state index in [1.165, 1.54) is 14.2 Å². The normalized spacial score (nSPS) is 10.0. The molecule has 1 aromatic carbocycles. The van der Waals surface area contributed by atoms with E-state index in [2.05, 4.69) is 9.47 Å². The van der Waals surface area contributed by atoms with Crippen molar-refractivity contribution in [2.75, 3.05) is 14.2 Å². The maximum absolute atomic E-state index is 11.6. The molecular weight excluding hydrogens is 276 g/mol. The Morgan fingerprint density at radius 3 is 2.10 bits per heavy atom. The molecule has 0 saturated carbocycles. The summed E-state index contributed by atoms with van der Waals surface area (Å²) in [5.41, 5.74) is 0.864. The Balaban J connectivity index is 2.43. The van der Waals surface area contributed by atoms with Gasteiger partial charge in [0.15, 0.2) is 5.92 Å². The molecule has 114 valence electrons. The lowest BCUT2D eigenvalue weighted by Crippen LogP contribution is -2.27. The smallest absolute Gasteiger partial charge is 0.320 e. The van der Waals surface area contributed by atoms with Gasteiger partial charge in [0.25, 0.3) is 0 Å². The summed E-state index contributed by atoms with van der Waals surface area (Å²) in [5, 5.41) is 0. The number of benzene rings is 1. The fraction of sp³-hybridized carbons (Fsp3) is 0.400. The first-order valence-corrected chi connectivity index (χ1v) is 6.43. The molecule has 0 aliphatic heterocycles. The molecule has 0 spiro atoms. The lowest BCUT2D eigenvalue weighted by molar-refractivity contribution is -0.159. The van der Waals surface area contributed by atoms with Crippen LogP contribution in [0.1, 0.15) is 18.4 Å². The highest BCUT2D eigenvalue weighted by Gasteiger charge is 2.29. The van der Waals surface area contributed by atoms with Gasteiger partial charge >= 0.3 is 17.9 Å². The predicted molar refractivity (Wildman–Crippen MR) is 73.0 cm³/mol. The van der Waals surface area contributed by atoms with Gasteiger partial charge in [0.1, 0.15) is 6.61 Å². The number of hydrogen-bond acceptors (Lipinski definition) is 6. The third-order valence-electron chi connectivity index (χ3n) is 2.85. The fourth-order valence-corrected chi connectivity index (χ4v) is 1.69. The molecule has 0 amide bonds. The Hall–Kier alpha value is -2.37. The quantitative estimate of drug-likeness (QED) is 0.430. The monoisotopic (exact) mass is 294 g/mol. The SMILES string of the molecule is COC(=O)C(CCC(=O)OCc1ccccc1)C(=O)OC. The standard InChI is InChI=1S/C15H18O6/c1-19-14(17)12(15(18)20-2)8-9-13(16)21-10-11-6-4-3-5-7-11/h3-7,12H,8-10H2,1-2H3. The number of rotatable bonds is 7. The van der Waals surface area contributed by atoms with E-state index < -0.39 is 23.8 Å². The van der Waals surface area contributed by atoms with Crippen LogP contribution < -0.4 is 0 Å². The molecule has 0 atom stereocenters. The molecule has 0 saturated heterocycles. The minimum Gasteiger partial charge on any atom is -0.468 e. The second-order valence-electron chi connectivity index (χ2n) is 4.28. The largest absolute Gasteiger partial charge is 0.468 e. The molecule has 0 bridgehead atoms. The van der Waals surface area contributed by atoms with E-state index in [4.69, 9.17) is 4.74 Å². The van der Waals surface area contributed by atoms with Crippen LogP contribution in [0.2, 0.25) is 0 Å².